The summed E-state index contributed by atoms with van der Waals surface area (Å²) in [5.41, 5.74) is 3.50. The maximum atomic E-state index is 13.3. The summed E-state index contributed by atoms with van der Waals surface area (Å²) in [7, 11) is 3.83. The van der Waals surface area contributed by atoms with Crippen LogP contribution in [-0.4, -0.2) is 60.4 Å². The van der Waals surface area contributed by atoms with E-state index < -0.39 is 17.7 Å². The number of Topliss-reactive ketones (excluding diaryl/α,β-unsaturated/α-hetero) is 1. The Kier molecular flexibility index (Phi) is 9.61. The van der Waals surface area contributed by atoms with Gasteiger partial charge in [0, 0.05) is 18.7 Å². The quantitative estimate of drug-likeness (QED) is 0.136. The smallest absolute Gasteiger partial charge is 0.295 e. The van der Waals surface area contributed by atoms with E-state index in [9.17, 15) is 14.7 Å². The molecule has 0 radical (unpaired) electrons. The number of nitrogens with zero attached hydrogens (tertiary/aromatic N) is 2. The largest absolute Gasteiger partial charge is 0.507 e. The van der Waals surface area contributed by atoms with Crippen LogP contribution in [0.25, 0.3) is 5.76 Å². The zero-order valence-corrected chi connectivity index (χ0v) is 23.7. The molecule has 0 aliphatic carbocycles. The summed E-state index contributed by atoms with van der Waals surface area (Å²) in [6, 6.07) is 21.7. The summed E-state index contributed by atoms with van der Waals surface area (Å²) >= 11 is 0. The number of aliphatic hydroxyl groups is 1. The Hall–Kier alpha value is -4.10. The van der Waals surface area contributed by atoms with Crippen LogP contribution in [0, 0.1) is 6.92 Å². The monoisotopic (exact) mass is 542 g/mol. The van der Waals surface area contributed by atoms with Gasteiger partial charge in [0.25, 0.3) is 11.7 Å². The molecule has 4 rings (SSSR count). The Morgan fingerprint density at radius 3 is 2.23 bits per heavy atom. The molecular weight excluding hydrogens is 504 g/mol. The first-order chi connectivity index (χ1) is 19.3. The highest BCUT2D eigenvalue weighted by molar-refractivity contribution is 6.46. The minimum absolute atomic E-state index is 0.0805. The number of hydrogen-bond acceptors (Lipinski definition) is 6. The zero-order valence-electron chi connectivity index (χ0n) is 23.7. The van der Waals surface area contributed by atoms with Crippen molar-refractivity contribution in [1.29, 1.82) is 0 Å². The van der Waals surface area contributed by atoms with Gasteiger partial charge in [-0.15, -0.1) is 0 Å². The van der Waals surface area contributed by atoms with Crippen molar-refractivity contribution in [3.05, 3.63) is 101 Å². The molecule has 1 heterocycles. The van der Waals surface area contributed by atoms with Crippen molar-refractivity contribution in [2.24, 2.45) is 0 Å². The van der Waals surface area contributed by atoms with Crippen molar-refractivity contribution < 1.29 is 24.2 Å². The van der Waals surface area contributed by atoms with Crippen LogP contribution in [0.2, 0.25) is 0 Å². The van der Waals surface area contributed by atoms with Gasteiger partial charge < -0.3 is 24.4 Å². The highest BCUT2D eigenvalue weighted by atomic mass is 16.5. The zero-order chi connectivity index (χ0) is 28.6. The second-order valence-corrected chi connectivity index (χ2v) is 10.3. The van der Waals surface area contributed by atoms with E-state index in [1.54, 1.807) is 29.2 Å². The van der Waals surface area contributed by atoms with Crippen LogP contribution >= 0.6 is 0 Å². The minimum atomic E-state index is -0.707. The highest BCUT2D eigenvalue weighted by Crippen LogP contribution is 2.40. The molecule has 0 aromatic heterocycles. The first kappa shape index (κ1) is 28.9. The standard InChI is InChI=1S/C33H38N2O5/c1-5-6-21-39-27-15-11-24(12-16-27)30-29(32(37)33(38)35(30)20-19-34(3)4)31(36)25-13-17-28(18-14-25)40-22-26-10-8-7-9-23(26)2/h7-18,30,36H,5-6,19-22H2,1-4H3. The van der Waals surface area contributed by atoms with Gasteiger partial charge in [-0.2, -0.15) is 0 Å². The average Bonchev–Trinajstić information content (AvgIpc) is 3.21. The first-order valence-electron chi connectivity index (χ1n) is 13.7. The molecule has 1 saturated heterocycles. The lowest BCUT2D eigenvalue weighted by atomic mass is 9.95. The number of ether oxygens (including phenoxy) is 2. The van der Waals surface area contributed by atoms with E-state index in [0.29, 0.717) is 37.6 Å². The number of aliphatic hydroxyl groups excluding tert-OH is 1. The molecule has 1 N–H and O–H groups in total. The molecule has 1 fully saturated rings. The SMILES string of the molecule is CCCCOc1ccc(C2C(=C(O)c3ccc(OCc4ccccc4C)cc3)C(=O)C(=O)N2CCN(C)C)cc1. The van der Waals surface area contributed by atoms with Gasteiger partial charge in [0.05, 0.1) is 18.2 Å². The summed E-state index contributed by atoms with van der Waals surface area (Å²) in [4.78, 5) is 29.9. The Morgan fingerprint density at radius 1 is 0.925 bits per heavy atom. The summed E-state index contributed by atoms with van der Waals surface area (Å²) in [6.07, 6.45) is 2.00. The predicted molar refractivity (Wildman–Crippen MR) is 156 cm³/mol. The number of ketones is 1. The highest BCUT2D eigenvalue weighted by Gasteiger charge is 2.45. The van der Waals surface area contributed by atoms with Crippen LogP contribution in [0.3, 0.4) is 0 Å². The normalized spacial score (nSPS) is 16.5. The number of likely N-dealkylation sites (tertiary alicyclic amines) is 1. The Morgan fingerprint density at radius 2 is 1.57 bits per heavy atom. The van der Waals surface area contributed by atoms with Gasteiger partial charge >= 0.3 is 0 Å². The summed E-state index contributed by atoms with van der Waals surface area (Å²) in [6.45, 7) is 6.12. The van der Waals surface area contributed by atoms with E-state index in [4.69, 9.17) is 9.47 Å². The summed E-state index contributed by atoms with van der Waals surface area (Å²) < 4.78 is 11.7. The number of rotatable bonds is 12. The molecule has 1 atom stereocenters. The van der Waals surface area contributed by atoms with Gasteiger partial charge in [-0.3, -0.25) is 9.59 Å². The second kappa shape index (κ2) is 13.3. The van der Waals surface area contributed by atoms with Crippen molar-refractivity contribution >= 4 is 17.4 Å². The Balaban J connectivity index is 1.62. The van der Waals surface area contributed by atoms with Crippen molar-refractivity contribution in [1.82, 2.24) is 9.80 Å². The number of hydrogen-bond donors (Lipinski definition) is 1. The molecule has 0 spiro atoms. The lowest BCUT2D eigenvalue weighted by molar-refractivity contribution is -0.140. The van der Waals surface area contributed by atoms with Crippen LogP contribution in [0.15, 0.2) is 78.4 Å². The minimum Gasteiger partial charge on any atom is -0.507 e. The number of likely N-dealkylation sites (N-methyl/N-ethyl adjacent to an activating group) is 1. The number of carbonyl (C=O) groups is 2. The third-order valence-corrected chi connectivity index (χ3v) is 7.07. The van der Waals surface area contributed by atoms with E-state index in [0.717, 1.165) is 35.3 Å². The van der Waals surface area contributed by atoms with Crippen molar-refractivity contribution in [2.75, 3.05) is 33.8 Å². The predicted octanol–water partition coefficient (Wildman–Crippen LogP) is 5.74. The fourth-order valence-electron chi connectivity index (χ4n) is 4.64. The lowest BCUT2D eigenvalue weighted by Crippen LogP contribution is -2.35. The Bertz CT molecular complexity index is 1350. The number of aryl methyl sites for hydroxylation is 1. The molecule has 0 saturated carbocycles. The molecule has 210 valence electrons. The molecule has 1 amide bonds. The van der Waals surface area contributed by atoms with Crippen LogP contribution < -0.4 is 9.47 Å². The molecular formula is C33H38N2O5. The third kappa shape index (κ3) is 6.72. The number of amides is 1. The lowest BCUT2D eigenvalue weighted by Gasteiger charge is -2.26. The number of unbranched alkanes of at least 4 members (excludes halogenated alkanes) is 1. The van der Waals surface area contributed by atoms with Gasteiger partial charge in [-0.05, 0) is 80.5 Å². The molecule has 1 unspecified atom stereocenters. The summed E-state index contributed by atoms with van der Waals surface area (Å²) in [5.74, 6) is -0.145. The van der Waals surface area contributed by atoms with E-state index in [2.05, 4.69) is 6.92 Å². The van der Waals surface area contributed by atoms with E-state index in [1.807, 2.05) is 74.4 Å². The molecule has 1 aliphatic rings. The molecule has 1 aliphatic heterocycles. The number of benzene rings is 3. The first-order valence-corrected chi connectivity index (χ1v) is 13.7. The van der Waals surface area contributed by atoms with Crippen LogP contribution in [-0.2, 0) is 16.2 Å². The molecule has 40 heavy (non-hydrogen) atoms. The van der Waals surface area contributed by atoms with Gasteiger partial charge in [0.2, 0.25) is 0 Å². The van der Waals surface area contributed by atoms with Gasteiger partial charge in [-0.25, -0.2) is 0 Å². The fourth-order valence-corrected chi connectivity index (χ4v) is 4.64. The molecule has 3 aromatic carbocycles. The topological polar surface area (TPSA) is 79.3 Å². The maximum Gasteiger partial charge on any atom is 0.295 e. The fraction of sp³-hybridized carbons (Fsp3) is 0.333. The number of carbonyl (C=O) groups excluding carboxylic acids is 2. The van der Waals surface area contributed by atoms with E-state index >= 15 is 0 Å². The second-order valence-electron chi connectivity index (χ2n) is 10.3. The van der Waals surface area contributed by atoms with Gasteiger partial charge in [-0.1, -0.05) is 49.7 Å². The average molecular weight is 543 g/mol. The van der Waals surface area contributed by atoms with Crippen molar-refractivity contribution in [3.63, 3.8) is 0 Å². The van der Waals surface area contributed by atoms with Gasteiger partial charge in [0.15, 0.2) is 0 Å². The third-order valence-electron chi connectivity index (χ3n) is 7.07. The molecule has 7 nitrogen and oxygen atoms in total. The van der Waals surface area contributed by atoms with E-state index in [-0.39, 0.29) is 11.3 Å². The van der Waals surface area contributed by atoms with Crippen LogP contribution in [0.5, 0.6) is 11.5 Å². The van der Waals surface area contributed by atoms with Crippen LogP contribution in [0.4, 0.5) is 0 Å². The molecule has 0 bridgehead atoms. The van der Waals surface area contributed by atoms with Crippen molar-refractivity contribution in [3.8, 4) is 11.5 Å². The molecule has 7 heteroatoms. The molecule has 3 aromatic rings. The van der Waals surface area contributed by atoms with Gasteiger partial charge in [0.1, 0.15) is 23.9 Å². The Labute approximate surface area is 236 Å². The van der Waals surface area contributed by atoms with Crippen LogP contribution in [0.1, 0.15) is 48.1 Å². The van der Waals surface area contributed by atoms with Crippen molar-refractivity contribution in [2.45, 2.75) is 39.3 Å². The maximum absolute atomic E-state index is 13.3. The van der Waals surface area contributed by atoms with E-state index in [1.165, 1.54) is 0 Å². The summed E-state index contributed by atoms with van der Waals surface area (Å²) in [5, 5.41) is 11.4.